The minimum atomic E-state index is -1.07. The maximum absolute atomic E-state index is 14.0. The van der Waals surface area contributed by atoms with E-state index in [4.69, 9.17) is 9.15 Å². The van der Waals surface area contributed by atoms with Crippen LogP contribution in [0.3, 0.4) is 0 Å². The van der Waals surface area contributed by atoms with Gasteiger partial charge in [-0.05, 0) is 61.4 Å². The van der Waals surface area contributed by atoms with E-state index in [2.05, 4.69) is 15.6 Å². The molecule has 1 aliphatic rings. The van der Waals surface area contributed by atoms with Crippen LogP contribution in [0.5, 0.6) is 0 Å². The number of aromatic nitrogens is 3. The summed E-state index contributed by atoms with van der Waals surface area (Å²) in [4.78, 5) is 41.2. The van der Waals surface area contributed by atoms with Gasteiger partial charge in [-0.2, -0.15) is 0 Å². The molecule has 1 N–H and O–H groups in total. The Morgan fingerprint density at radius 1 is 1.05 bits per heavy atom. The molecule has 10 heteroatoms. The van der Waals surface area contributed by atoms with Crippen LogP contribution in [0.25, 0.3) is 11.0 Å². The number of furan rings is 1. The Morgan fingerprint density at radius 3 is 2.53 bits per heavy atom. The molecule has 1 fully saturated rings. The number of nitrogens with one attached hydrogen (secondary N) is 1. The van der Waals surface area contributed by atoms with Gasteiger partial charge in [-0.3, -0.25) is 14.5 Å². The van der Waals surface area contributed by atoms with Crippen molar-refractivity contribution in [2.75, 3.05) is 12.0 Å². The molecular weight excluding hydrogens is 486 g/mol. The Labute approximate surface area is 219 Å². The first-order valence-corrected chi connectivity index (χ1v) is 12.7. The topological polar surface area (TPSA) is 120 Å². The molecule has 0 aliphatic heterocycles. The van der Waals surface area contributed by atoms with Gasteiger partial charge in [0.15, 0.2) is 6.04 Å². The molecule has 0 bridgehead atoms. The first-order valence-electron chi connectivity index (χ1n) is 12.7. The van der Waals surface area contributed by atoms with Crippen LogP contribution < -0.4 is 10.2 Å². The maximum Gasteiger partial charge on any atom is 0.337 e. The largest absolute Gasteiger partial charge is 0.467 e. The number of amides is 2. The molecule has 1 aliphatic carbocycles. The Kier molecular flexibility index (Phi) is 7.48. The van der Waals surface area contributed by atoms with Gasteiger partial charge in [-0.15, -0.1) is 5.10 Å². The summed E-state index contributed by atoms with van der Waals surface area (Å²) in [5, 5.41) is 11.4. The number of methoxy groups -OCH3 is 1. The minimum absolute atomic E-state index is 0.0339. The van der Waals surface area contributed by atoms with E-state index in [9.17, 15) is 14.4 Å². The van der Waals surface area contributed by atoms with Crippen molar-refractivity contribution in [3.63, 3.8) is 0 Å². The van der Waals surface area contributed by atoms with E-state index in [1.54, 1.807) is 36.4 Å². The van der Waals surface area contributed by atoms with Gasteiger partial charge in [0.1, 0.15) is 17.8 Å². The molecule has 1 atom stereocenters. The van der Waals surface area contributed by atoms with Crippen LogP contribution in [0.1, 0.15) is 54.3 Å². The highest BCUT2D eigenvalue weighted by atomic mass is 16.5. The number of para-hydroxylation sites is 1. The maximum atomic E-state index is 14.0. The van der Waals surface area contributed by atoms with Gasteiger partial charge >= 0.3 is 5.97 Å². The molecule has 10 nitrogen and oxygen atoms in total. The molecule has 4 aromatic rings. The summed E-state index contributed by atoms with van der Waals surface area (Å²) >= 11 is 0. The van der Waals surface area contributed by atoms with Gasteiger partial charge < -0.3 is 14.5 Å². The van der Waals surface area contributed by atoms with Crippen LogP contribution in [0, 0.1) is 0 Å². The summed E-state index contributed by atoms with van der Waals surface area (Å²) in [5.74, 6) is -0.902. The smallest absolute Gasteiger partial charge is 0.337 e. The third kappa shape index (κ3) is 5.29. The van der Waals surface area contributed by atoms with Crippen molar-refractivity contribution in [3.8, 4) is 0 Å². The predicted octanol–water partition coefficient (Wildman–Crippen LogP) is 4.03. The normalized spacial score (nSPS) is 14.7. The fraction of sp³-hybridized carbons (Fsp3) is 0.321. The molecule has 0 saturated heterocycles. The molecule has 1 unspecified atom stereocenters. The van der Waals surface area contributed by atoms with E-state index in [-0.39, 0.29) is 18.5 Å². The third-order valence-corrected chi connectivity index (χ3v) is 6.81. The highest BCUT2D eigenvalue weighted by Crippen LogP contribution is 2.30. The minimum Gasteiger partial charge on any atom is -0.467 e. The summed E-state index contributed by atoms with van der Waals surface area (Å²) in [6.45, 7) is -0.160. The van der Waals surface area contributed by atoms with Crippen LogP contribution in [-0.4, -0.2) is 45.9 Å². The van der Waals surface area contributed by atoms with Crippen molar-refractivity contribution in [1.29, 1.82) is 0 Å². The number of benzene rings is 2. The van der Waals surface area contributed by atoms with E-state index in [0.717, 1.165) is 32.1 Å². The molecule has 0 spiro atoms. The van der Waals surface area contributed by atoms with Gasteiger partial charge in [0, 0.05) is 11.7 Å². The zero-order valence-electron chi connectivity index (χ0n) is 21.1. The second kappa shape index (κ2) is 11.3. The van der Waals surface area contributed by atoms with Crippen molar-refractivity contribution >= 4 is 34.5 Å². The average Bonchev–Trinajstić information content (AvgIpc) is 3.62. The SMILES string of the molecule is COC(=O)c1ccc(N(C(=O)Cn2nnc3ccccc32)C(C(=O)NC2CCCCC2)c2ccco2)cc1. The second-order valence-corrected chi connectivity index (χ2v) is 9.30. The van der Waals surface area contributed by atoms with Crippen molar-refractivity contribution in [2.45, 2.75) is 50.7 Å². The van der Waals surface area contributed by atoms with Gasteiger partial charge in [0.2, 0.25) is 5.91 Å². The number of esters is 1. The van der Waals surface area contributed by atoms with E-state index in [1.807, 2.05) is 24.3 Å². The molecule has 5 rings (SSSR count). The molecule has 2 amide bonds. The number of anilines is 1. The number of carbonyl (C=O) groups excluding carboxylic acids is 3. The highest BCUT2D eigenvalue weighted by Gasteiger charge is 2.36. The zero-order valence-corrected chi connectivity index (χ0v) is 21.1. The number of ether oxygens (including phenoxy) is 1. The Morgan fingerprint density at radius 2 is 1.82 bits per heavy atom. The molecule has 38 heavy (non-hydrogen) atoms. The van der Waals surface area contributed by atoms with Crippen molar-refractivity contribution in [3.05, 3.63) is 78.3 Å². The van der Waals surface area contributed by atoms with E-state index < -0.39 is 17.9 Å². The summed E-state index contributed by atoms with van der Waals surface area (Å²) in [6.07, 6.45) is 6.51. The number of carbonyl (C=O) groups is 3. The van der Waals surface area contributed by atoms with Crippen LogP contribution >= 0.6 is 0 Å². The highest BCUT2D eigenvalue weighted by molar-refractivity contribution is 6.01. The first kappa shape index (κ1) is 25.2. The fourth-order valence-corrected chi connectivity index (χ4v) is 4.90. The second-order valence-electron chi connectivity index (χ2n) is 9.30. The van der Waals surface area contributed by atoms with Gasteiger partial charge in [0.05, 0.1) is 24.5 Å². The van der Waals surface area contributed by atoms with E-state index >= 15 is 0 Å². The predicted molar refractivity (Wildman–Crippen MR) is 139 cm³/mol. The van der Waals surface area contributed by atoms with Crippen molar-refractivity contribution < 1.29 is 23.5 Å². The molecule has 0 radical (unpaired) electrons. The van der Waals surface area contributed by atoms with Crippen molar-refractivity contribution in [1.82, 2.24) is 20.3 Å². The van der Waals surface area contributed by atoms with Crippen LogP contribution in [0.15, 0.2) is 71.3 Å². The number of fused-ring (bicyclic) bond motifs is 1. The number of hydrogen-bond acceptors (Lipinski definition) is 7. The van der Waals surface area contributed by atoms with E-state index in [0.29, 0.717) is 28.0 Å². The molecule has 1 saturated carbocycles. The molecular formula is C28H29N5O5. The monoisotopic (exact) mass is 515 g/mol. The first-order chi connectivity index (χ1) is 18.5. The van der Waals surface area contributed by atoms with Gasteiger partial charge in [0.25, 0.3) is 5.91 Å². The van der Waals surface area contributed by atoms with Crippen LogP contribution in [0.2, 0.25) is 0 Å². The summed E-state index contributed by atoms with van der Waals surface area (Å²) in [7, 11) is 1.30. The number of nitrogens with zero attached hydrogens (tertiary/aromatic N) is 4. The van der Waals surface area contributed by atoms with Crippen molar-refractivity contribution in [2.24, 2.45) is 0 Å². The van der Waals surface area contributed by atoms with E-state index in [1.165, 1.54) is 23.0 Å². The quantitative estimate of drug-likeness (QED) is 0.352. The summed E-state index contributed by atoms with van der Waals surface area (Å²) < 4.78 is 12.0. The lowest BCUT2D eigenvalue weighted by Gasteiger charge is -2.32. The van der Waals surface area contributed by atoms with Crippen LogP contribution in [0.4, 0.5) is 5.69 Å². The van der Waals surface area contributed by atoms with Gasteiger partial charge in [-0.25, -0.2) is 9.48 Å². The molecule has 196 valence electrons. The van der Waals surface area contributed by atoms with Crippen LogP contribution in [-0.2, 0) is 20.9 Å². The Bertz CT molecular complexity index is 1410. The lowest BCUT2D eigenvalue weighted by atomic mass is 9.95. The average molecular weight is 516 g/mol. The summed E-state index contributed by atoms with van der Waals surface area (Å²) in [5.41, 5.74) is 2.11. The third-order valence-electron chi connectivity index (χ3n) is 6.81. The number of rotatable bonds is 8. The Hall–Kier alpha value is -4.47. The lowest BCUT2D eigenvalue weighted by Crippen LogP contribution is -2.48. The summed E-state index contributed by atoms with van der Waals surface area (Å²) in [6, 6.07) is 16.0. The molecule has 2 aromatic heterocycles. The lowest BCUT2D eigenvalue weighted by molar-refractivity contribution is -0.128. The van der Waals surface area contributed by atoms with Gasteiger partial charge in [-0.1, -0.05) is 36.6 Å². The standard InChI is InChI=1S/C28H29N5O5/c1-37-28(36)19-13-15-21(16-14-19)33(25(34)18-32-23-11-6-5-10-22(23)30-31-32)26(24-12-7-17-38-24)27(35)29-20-8-3-2-4-9-20/h5-7,10-17,20,26H,2-4,8-9,18H2,1H3,(H,29,35). The fourth-order valence-electron chi connectivity index (χ4n) is 4.90. The zero-order chi connectivity index (χ0) is 26.5. The number of hydrogen-bond donors (Lipinski definition) is 1. The Balaban J connectivity index is 1.53. The molecule has 2 aromatic carbocycles. The molecule has 2 heterocycles.